The van der Waals surface area contributed by atoms with Crippen molar-refractivity contribution in [1.29, 1.82) is 0 Å². The predicted molar refractivity (Wildman–Crippen MR) is 78.9 cm³/mol. The van der Waals surface area contributed by atoms with E-state index in [1.165, 1.54) is 6.07 Å². The third kappa shape index (κ3) is 4.11. The highest BCUT2D eigenvalue weighted by atomic mass is 79.9. The molecule has 0 aliphatic heterocycles. The van der Waals surface area contributed by atoms with Crippen molar-refractivity contribution in [3.8, 4) is 11.5 Å². The maximum atomic E-state index is 13.7. The number of aromatic nitrogens is 2. The molecule has 6 heteroatoms. The lowest BCUT2D eigenvalue weighted by molar-refractivity contribution is 0.488. The molecule has 0 aliphatic rings. The van der Waals surface area contributed by atoms with Crippen molar-refractivity contribution in [2.75, 3.05) is 13.1 Å². The van der Waals surface area contributed by atoms with E-state index in [9.17, 15) is 4.39 Å². The van der Waals surface area contributed by atoms with E-state index in [0.717, 1.165) is 30.4 Å². The molecule has 20 heavy (non-hydrogen) atoms. The molecule has 0 spiro atoms. The number of aryl methyl sites for hydroxylation is 1. The smallest absolute Gasteiger partial charge is 0.250 e. The van der Waals surface area contributed by atoms with Gasteiger partial charge >= 0.3 is 0 Å². The summed E-state index contributed by atoms with van der Waals surface area (Å²) in [6.07, 6.45) is 2.73. The Kier molecular flexibility index (Phi) is 5.67. The Labute approximate surface area is 125 Å². The summed E-state index contributed by atoms with van der Waals surface area (Å²) in [7, 11) is 0. The van der Waals surface area contributed by atoms with Crippen LogP contribution in [-0.4, -0.2) is 23.3 Å². The van der Waals surface area contributed by atoms with Crippen LogP contribution in [0.1, 0.15) is 25.7 Å². The van der Waals surface area contributed by atoms with E-state index < -0.39 is 0 Å². The van der Waals surface area contributed by atoms with Crippen LogP contribution in [0, 0.1) is 5.82 Å². The summed E-state index contributed by atoms with van der Waals surface area (Å²) < 4.78 is 20.0. The van der Waals surface area contributed by atoms with Crippen molar-refractivity contribution in [3.05, 3.63) is 34.4 Å². The van der Waals surface area contributed by atoms with E-state index in [1.807, 2.05) is 0 Å². The molecule has 0 saturated carbocycles. The van der Waals surface area contributed by atoms with Gasteiger partial charge in [0.05, 0.1) is 5.56 Å². The molecule has 2 aromatic rings. The van der Waals surface area contributed by atoms with E-state index in [1.54, 1.807) is 12.1 Å². The molecule has 0 fully saturated rings. The van der Waals surface area contributed by atoms with Gasteiger partial charge in [0.25, 0.3) is 5.89 Å². The molecule has 1 aromatic heterocycles. The molecule has 0 amide bonds. The number of nitrogens with one attached hydrogen (secondary N) is 1. The number of nitrogens with zero attached hydrogens (tertiary/aromatic N) is 2. The minimum absolute atomic E-state index is 0.223. The second-order valence-electron chi connectivity index (χ2n) is 4.48. The van der Waals surface area contributed by atoms with Crippen LogP contribution in [0.25, 0.3) is 11.5 Å². The van der Waals surface area contributed by atoms with Crippen LogP contribution in [-0.2, 0) is 6.42 Å². The summed E-state index contributed by atoms with van der Waals surface area (Å²) in [5.41, 5.74) is 0.322. The molecule has 0 bridgehead atoms. The van der Waals surface area contributed by atoms with Gasteiger partial charge in [-0.3, -0.25) is 0 Å². The fourth-order valence-corrected chi connectivity index (χ4v) is 2.15. The van der Waals surface area contributed by atoms with Gasteiger partial charge in [-0.25, -0.2) is 4.39 Å². The van der Waals surface area contributed by atoms with Gasteiger partial charge in [0.15, 0.2) is 0 Å². The first kappa shape index (κ1) is 15.1. The summed E-state index contributed by atoms with van der Waals surface area (Å²) >= 11 is 3.30. The summed E-state index contributed by atoms with van der Waals surface area (Å²) in [6, 6.07) is 4.64. The molecule has 0 saturated heterocycles. The van der Waals surface area contributed by atoms with Gasteiger partial charge in [-0.1, -0.05) is 22.9 Å². The molecule has 0 atom stereocenters. The van der Waals surface area contributed by atoms with Gasteiger partial charge in [-0.2, -0.15) is 0 Å². The number of hydrogen-bond acceptors (Lipinski definition) is 4. The van der Waals surface area contributed by atoms with Gasteiger partial charge in [-0.15, -0.1) is 10.2 Å². The van der Waals surface area contributed by atoms with Gasteiger partial charge < -0.3 is 9.73 Å². The molecule has 108 valence electrons. The third-order valence-corrected chi connectivity index (χ3v) is 3.29. The second kappa shape index (κ2) is 7.50. The number of halogens is 2. The zero-order valence-electron chi connectivity index (χ0n) is 11.3. The molecule has 0 radical (unpaired) electrons. The van der Waals surface area contributed by atoms with Crippen LogP contribution in [0.15, 0.2) is 27.1 Å². The molecule has 0 aliphatic carbocycles. The van der Waals surface area contributed by atoms with Crippen LogP contribution < -0.4 is 5.32 Å². The van der Waals surface area contributed by atoms with Gasteiger partial charge in [0, 0.05) is 10.9 Å². The number of benzene rings is 1. The maximum Gasteiger partial charge on any atom is 0.250 e. The Balaban J connectivity index is 1.96. The molecular formula is C14H17BrFN3O. The topological polar surface area (TPSA) is 51.0 Å². The Bertz CT molecular complexity index is 559. The summed E-state index contributed by atoms with van der Waals surface area (Å²) in [5, 5.41) is 11.2. The molecule has 1 heterocycles. The second-order valence-corrected chi connectivity index (χ2v) is 5.39. The van der Waals surface area contributed by atoms with Crippen LogP contribution in [0.3, 0.4) is 0 Å². The van der Waals surface area contributed by atoms with Crippen molar-refractivity contribution in [3.63, 3.8) is 0 Å². The zero-order valence-corrected chi connectivity index (χ0v) is 12.9. The summed E-state index contributed by atoms with van der Waals surface area (Å²) in [4.78, 5) is 0. The summed E-state index contributed by atoms with van der Waals surface area (Å²) in [5.74, 6) is 0.394. The van der Waals surface area contributed by atoms with Crippen molar-refractivity contribution in [2.24, 2.45) is 0 Å². The first-order valence-corrected chi connectivity index (χ1v) is 7.48. The van der Waals surface area contributed by atoms with Crippen LogP contribution in [0.5, 0.6) is 0 Å². The highest BCUT2D eigenvalue weighted by molar-refractivity contribution is 9.10. The molecule has 1 N–H and O–H groups in total. The van der Waals surface area contributed by atoms with Crippen LogP contribution in [0.4, 0.5) is 4.39 Å². The molecule has 2 rings (SSSR count). The maximum absolute atomic E-state index is 13.7. The largest absolute Gasteiger partial charge is 0.421 e. The minimum Gasteiger partial charge on any atom is -0.421 e. The first-order valence-electron chi connectivity index (χ1n) is 6.69. The fourth-order valence-electron chi connectivity index (χ4n) is 1.79. The molecule has 4 nitrogen and oxygen atoms in total. The Morgan fingerprint density at radius 3 is 2.95 bits per heavy atom. The van der Waals surface area contributed by atoms with E-state index >= 15 is 0 Å². The Morgan fingerprint density at radius 2 is 2.15 bits per heavy atom. The van der Waals surface area contributed by atoms with E-state index in [-0.39, 0.29) is 11.7 Å². The molecule has 1 aromatic carbocycles. The number of hydrogen-bond donors (Lipinski definition) is 1. The van der Waals surface area contributed by atoms with Crippen molar-refractivity contribution < 1.29 is 8.81 Å². The van der Waals surface area contributed by atoms with Crippen molar-refractivity contribution >= 4 is 15.9 Å². The highest BCUT2D eigenvalue weighted by Crippen LogP contribution is 2.25. The average molecular weight is 342 g/mol. The quantitative estimate of drug-likeness (QED) is 0.782. The monoisotopic (exact) mass is 341 g/mol. The molecular weight excluding hydrogens is 325 g/mol. The average Bonchev–Trinajstić information content (AvgIpc) is 2.90. The van der Waals surface area contributed by atoms with E-state index in [0.29, 0.717) is 17.9 Å². The fraction of sp³-hybridized carbons (Fsp3) is 0.429. The third-order valence-electron chi connectivity index (χ3n) is 2.80. The van der Waals surface area contributed by atoms with E-state index in [2.05, 4.69) is 38.4 Å². The van der Waals surface area contributed by atoms with E-state index in [4.69, 9.17) is 4.42 Å². The lowest BCUT2D eigenvalue weighted by atomic mass is 10.2. The first-order chi connectivity index (χ1) is 9.70. The van der Waals surface area contributed by atoms with Gasteiger partial charge in [-0.05, 0) is 44.1 Å². The predicted octanol–water partition coefficient (Wildman–Crippen LogP) is 3.57. The van der Waals surface area contributed by atoms with Crippen molar-refractivity contribution in [2.45, 2.75) is 26.2 Å². The lowest BCUT2D eigenvalue weighted by Gasteiger charge is -2.00. The Hall–Kier alpha value is -1.27. The Morgan fingerprint density at radius 1 is 1.30 bits per heavy atom. The van der Waals surface area contributed by atoms with Crippen molar-refractivity contribution in [1.82, 2.24) is 15.5 Å². The van der Waals surface area contributed by atoms with Crippen LogP contribution in [0.2, 0.25) is 0 Å². The summed E-state index contributed by atoms with van der Waals surface area (Å²) in [6.45, 7) is 4.05. The zero-order chi connectivity index (χ0) is 14.4. The SMILES string of the molecule is CCCNCCCc1nnc(-c2cc(Br)ccc2F)o1. The normalized spacial score (nSPS) is 10.9. The standard InChI is InChI=1S/C14H17BrFN3O/c1-2-7-17-8-3-4-13-18-19-14(20-13)11-9-10(15)5-6-12(11)16/h5-6,9,17H,2-4,7-8H2,1H3. The van der Waals surface area contributed by atoms with Gasteiger partial charge in [0.1, 0.15) is 5.82 Å². The van der Waals surface area contributed by atoms with Gasteiger partial charge in [0.2, 0.25) is 5.89 Å². The highest BCUT2D eigenvalue weighted by Gasteiger charge is 2.13. The molecule has 0 unspecified atom stereocenters. The lowest BCUT2D eigenvalue weighted by Crippen LogP contribution is -2.16. The van der Waals surface area contributed by atoms with Crippen LogP contribution >= 0.6 is 15.9 Å². The minimum atomic E-state index is -0.368. The number of rotatable bonds is 7.